The molecule has 43 heavy (non-hydrogen) atoms. The number of aryl methyl sites for hydroxylation is 1. The number of ether oxygens (including phenoxy) is 1. The molecule has 1 saturated heterocycles. The topological polar surface area (TPSA) is 143 Å². The average molecular weight is 591 g/mol. The number of aromatic nitrogens is 2. The lowest BCUT2D eigenvalue weighted by Gasteiger charge is -2.29. The van der Waals surface area contributed by atoms with Gasteiger partial charge in [-0.25, -0.2) is 4.98 Å². The van der Waals surface area contributed by atoms with Crippen molar-refractivity contribution >= 4 is 34.5 Å². The molecule has 0 bridgehead atoms. The van der Waals surface area contributed by atoms with Crippen molar-refractivity contribution in [2.75, 3.05) is 33.8 Å². The van der Waals surface area contributed by atoms with Crippen molar-refractivity contribution in [3.63, 3.8) is 0 Å². The van der Waals surface area contributed by atoms with E-state index in [1.54, 1.807) is 63.4 Å². The molecular formula is C31H38N6O6. The zero-order chi connectivity index (χ0) is 31.1. The van der Waals surface area contributed by atoms with Crippen LogP contribution in [0.4, 0.5) is 0 Å². The van der Waals surface area contributed by atoms with Crippen molar-refractivity contribution in [2.45, 2.75) is 44.7 Å². The highest BCUT2D eigenvalue weighted by Crippen LogP contribution is 2.16. The summed E-state index contributed by atoms with van der Waals surface area (Å²) in [6, 6.07) is 10.3. The Hall–Kier alpha value is -4.74. The molecule has 228 valence electrons. The maximum Gasteiger partial charge on any atom is 0.260 e. The molecule has 0 unspecified atom stereocenters. The lowest BCUT2D eigenvalue weighted by Crippen LogP contribution is -2.54. The third-order valence-electron chi connectivity index (χ3n) is 7.73. The van der Waals surface area contributed by atoms with Crippen LogP contribution in [0.5, 0.6) is 5.75 Å². The van der Waals surface area contributed by atoms with E-state index in [0.717, 1.165) is 5.56 Å². The summed E-state index contributed by atoms with van der Waals surface area (Å²) < 4.78 is 6.59. The average Bonchev–Trinajstić information content (AvgIpc) is 3.02. The van der Waals surface area contributed by atoms with Crippen molar-refractivity contribution < 1.29 is 23.9 Å². The molecule has 3 aromatic rings. The van der Waals surface area contributed by atoms with Gasteiger partial charge < -0.3 is 29.7 Å². The quantitative estimate of drug-likeness (QED) is 0.466. The van der Waals surface area contributed by atoms with Gasteiger partial charge in [0, 0.05) is 52.1 Å². The number of nitrogens with one attached hydrogen (secondary N) is 2. The molecule has 2 N–H and O–H groups in total. The van der Waals surface area contributed by atoms with E-state index in [4.69, 9.17) is 4.74 Å². The van der Waals surface area contributed by atoms with Crippen molar-refractivity contribution in [3.05, 3.63) is 70.3 Å². The Morgan fingerprint density at radius 1 is 1.02 bits per heavy atom. The second-order valence-corrected chi connectivity index (χ2v) is 10.7. The Kier molecular flexibility index (Phi) is 10.1. The summed E-state index contributed by atoms with van der Waals surface area (Å²) >= 11 is 0. The molecule has 2 aromatic carbocycles. The van der Waals surface area contributed by atoms with Crippen LogP contribution in [0.3, 0.4) is 0 Å². The Morgan fingerprint density at radius 2 is 1.74 bits per heavy atom. The molecule has 1 fully saturated rings. The number of likely N-dealkylation sites (N-methyl/N-ethyl adjacent to an activating group) is 1. The number of carbonyl (C=O) groups excluding carboxylic acids is 4. The molecule has 1 aromatic heterocycles. The normalized spacial score (nSPS) is 19.3. The van der Waals surface area contributed by atoms with Gasteiger partial charge in [0.15, 0.2) is 0 Å². The number of rotatable bonds is 4. The van der Waals surface area contributed by atoms with Gasteiger partial charge in [-0.15, -0.1) is 0 Å². The van der Waals surface area contributed by atoms with Gasteiger partial charge in [-0.1, -0.05) is 12.1 Å². The number of hydrogen-bond acceptors (Lipinski definition) is 7. The van der Waals surface area contributed by atoms with Crippen LogP contribution in [0.25, 0.3) is 10.9 Å². The molecule has 1 aliphatic rings. The number of carbonyl (C=O) groups is 4. The molecule has 12 heteroatoms. The van der Waals surface area contributed by atoms with Gasteiger partial charge in [0.25, 0.3) is 11.5 Å². The van der Waals surface area contributed by atoms with Gasteiger partial charge in [-0.05, 0) is 55.7 Å². The Balaban J connectivity index is 1.53. The van der Waals surface area contributed by atoms with Gasteiger partial charge in [-0.2, -0.15) is 0 Å². The number of benzene rings is 2. The Labute approximate surface area is 250 Å². The maximum atomic E-state index is 13.5. The van der Waals surface area contributed by atoms with Gasteiger partial charge in [0.2, 0.25) is 17.7 Å². The Morgan fingerprint density at radius 3 is 2.47 bits per heavy atom. The van der Waals surface area contributed by atoms with Gasteiger partial charge >= 0.3 is 0 Å². The smallest absolute Gasteiger partial charge is 0.260 e. The molecule has 0 spiro atoms. The number of nitrogens with zero attached hydrogens (tertiary/aromatic N) is 4. The van der Waals surface area contributed by atoms with E-state index < -0.39 is 12.1 Å². The van der Waals surface area contributed by atoms with Crippen molar-refractivity contribution in [1.82, 2.24) is 30.0 Å². The van der Waals surface area contributed by atoms with Gasteiger partial charge in [0.1, 0.15) is 17.8 Å². The zero-order valence-electron chi connectivity index (χ0n) is 25.0. The minimum Gasteiger partial charge on any atom is -0.497 e. The fraction of sp³-hybridized carbons (Fsp3) is 0.419. The minimum absolute atomic E-state index is 0.0991. The lowest BCUT2D eigenvalue weighted by molar-refractivity contribution is -0.141. The minimum atomic E-state index is -0.887. The van der Waals surface area contributed by atoms with E-state index in [1.807, 2.05) is 12.1 Å². The van der Waals surface area contributed by atoms with Crippen molar-refractivity contribution in [1.29, 1.82) is 0 Å². The first-order valence-corrected chi connectivity index (χ1v) is 14.3. The van der Waals surface area contributed by atoms with Crippen LogP contribution in [0, 0.1) is 0 Å². The van der Waals surface area contributed by atoms with E-state index in [9.17, 15) is 24.0 Å². The number of methoxy groups -OCH3 is 1. The van der Waals surface area contributed by atoms with Crippen LogP contribution in [0.1, 0.15) is 42.1 Å². The van der Waals surface area contributed by atoms with Crippen LogP contribution in [-0.4, -0.2) is 88.9 Å². The van der Waals surface area contributed by atoms with Crippen LogP contribution in [0.15, 0.2) is 53.6 Å². The van der Waals surface area contributed by atoms with Crippen LogP contribution in [-0.2, 0) is 27.9 Å². The molecule has 0 aliphatic carbocycles. The predicted octanol–water partition coefficient (Wildman–Crippen LogP) is 1.26. The second-order valence-electron chi connectivity index (χ2n) is 10.7. The van der Waals surface area contributed by atoms with Crippen LogP contribution < -0.4 is 20.9 Å². The summed E-state index contributed by atoms with van der Waals surface area (Å²) in [4.78, 5) is 72.6. The van der Waals surface area contributed by atoms with E-state index >= 15 is 0 Å². The van der Waals surface area contributed by atoms with E-state index in [0.29, 0.717) is 48.1 Å². The summed E-state index contributed by atoms with van der Waals surface area (Å²) in [5.74, 6) is -0.628. The summed E-state index contributed by atoms with van der Waals surface area (Å²) in [5.41, 5.74) is 1.41. The molecule has 0 saturated carbocycles. The summed E-state index contributed by atoms with van der Waals surface area (Å²) in [6.07, 6.45) is 2.58. The molecule has 1 aliphatic heterocycles. The Bertz CT molecular complexity index is 1550. The standard InChI is InChI=1S/C31H38N6O6/c1-20-28(39)32-14-6-16-37(29(40)22-10-13-24-25(18-22)33-19-35(2)30(24)41)15-5-7-27(38)34-26(31(42)36(20)3)17-21-8-11-23(43-4)12-9-21/h8-13,18-20,26H,5-7,14-17H2,1-4H3,(H,32,39)(H,34,38)/t20-,26-/m0/s1. The highest BCUT2D eigenvalue weighted by Gasteiger charge is 2.30. The van der Waals surface area contributed by atoms with Crippen LogP contribution in [0.2, 0.25) is 0 Å². The maximum absolute atomic E-state index is 13.5. The SMILES string of the molecule is COc1ccc(C[C@@H]2NC(=O)CCCN(C(=O)c3ccc4c(=O)n(C)cnc4c3)CCCNC(=O)[C@H](C)N(C)C2=O)cc1. The fourth-order valence-electron chi connectivity index (χ4n) is 4.98. The highest BCUT2D eigenvalue weighted by molar-refractivity contribution is 5.97. The molecule has 2 atom stereocenters. The number of amides is 4. The summed E-state index contributed by atoms with van der Waals surface area (Å²) in [7, 11) is 4.73. The third-order valence-corrected chi connectivity index (χ3v) is 7.73. The third kappa shape index (κ3) is 7.56. The first kappa shape index (κ1) is 31.2. The molecule has 12 nitrogen and oxygen atoms in total. The first-order valence-electron chi connectivity index (χ1n) is 14.3. The summed E-state index contributed by atoms with van der Waals surface area (Å²) in [6.45, 7) is 2.56. The van der Waals surface area contributed by atoms with E-state index in [-0.39, 0.29) is 48.6 Å². The summed E-state index contributed by atoms with van der Waals surface area (Å²) in [5, 5.41) is 6.12. The van der Waals surface area contributed by atoms with Gasteiger partial charge in [-0.3, -0.25) is 24.0 Å². The monoisotopic (exact) mass is 590 g/mol. The molecule has 2 heterocycles. The van der Waals surface area contributed by atoms with Crippen molar-refractivity contribution in [2.24, 2.45) is 7.05 Å². The second kappa shape index (κ2) is 14.0. The van der Waals surface area contributed by atoms with E-state index in [1.165, 1.54) is 15.8 Å². The first-order chi connectivity index (χ1) is 20.6. The van der Waals surface area contributed by atoms with E-state index in [2.05, 4.69) is 15.6 Å². The molecule has 4 amide bonds. The highest BCUT2D eigenvalue weighted by atomic mass is 16.5. The zero-order valence-corrected chi connectivity index (χ0v) is 25.0. The van der Waals surface area contributed by atoms with Crippen molar-refractivity contribution in [3.8, 4) is 5.75 Å². The number of fused-ring (bicyclic) bond motifs is 1. The number of hydrogen-bond donors (Lipinski definition) is 2. The van der Waals surface area contributed by atoms with Gasteiger partial charge in [0.05, 0.1) is 24.3 Å². The molecule has 0 radical (unpaired) electrons. The van der Waals surface area contributed by atoms with Crippen LogP contribution >= 0.6 is 0 Å². The fourth-order valence-corrected chi connectivity index (χ4v) is 4.98. The predicted molar refractivity (Wildman–Crippen MR) is 161 cm³/mol. The lowest BCUT2D eigenvalue weighted by atomic mass is 10.0. The largest absolute Gasteiger partial charge is 0.497 e. The molecular weight excluding hydrogens is 552 g/mol. The molecule has 4 rings (SSSR count).